The third kappa shape index (κ3) is 1.80. The van der Waals surface area contributed by atoms with Gasteiger partial charge in [-0.1, -0.05) is 6.92 Å². The molecule has 76 valence electrons. The summed E-state index contributed by atoms with van der Waals surface area (Å²) in [5, 5.41) is 8.63. The maximum atomic E-state index is 7.49. The minimum absolute atomic E-state index is 0.187. The molecule has 1 aliphatic rings. The first-order valence-corrected chi connectivity index (χ1v) is 5.88. The fraction of sp³-hybridized carbons (Fsp3) is 0.600. The Balaban J connectivity index is 2.30. The molecule has 1 saturated carbocycles. The Morgan fingerprint density at radius 1 is 1.64 bits per heavy atom. The molecule has 3 nitrogen and oxygen atoms in total. The summed E-state index contributed by atoms with van der Waals surface area (Å²) in [6.07, 6.45) is 4.55. The predicted molar refractivity (Wildman–Crippen MR) is 59.1 cm³/mol. The van der Waals surface area contributed by atoms with Crippen molar-refractivity contribution in [2.75, 3.05) is 0 Å². The number of aromatic nitrogens is 1. The van der Waals surface area contributed by atoms with Crippen molar-refractivity contribution in [3.63, 3.8) is 0 Å². The van der Waals surface area contributed by atoms with Gasteiger partial charge in [0.2, 0.25) is 0 Å². The summed E-state index contributed by atoms with van der Waals surface area (Å²) in [6, 6.07) is 0. The standard InChI is InChI=1S/C10H15N3S/c1-2-3-7-13-8(6-4-5-6)9(14-7)10(11)12/h6H,2-5H2,1H3,(H3,11,12). The van der Waals surface area contributed by atoms with Crippen LogP contribution in [-0.2, 0) is 6.42 Å². The summed E-state index contributed by atoms with van der Waals surface area (Å²) in [4.78, 5) is 5.49. The summed E-state index contributed by atoms with van der Waals surface area (Å²) in [5.41, 5.74) is 6.63. The van der Waals surface area contributed by atoms with Crippen LogP contribution in [0.15, 0.2) is 0 Å². The van der Waals surface area contributed by atoms with Gasteiger partial charge in [-0.3, -0.25) is 5.41 Å². The van der Waals surface area contributed by atoms with Gasteiger partial charge >= 0.3 is 0 Å². The molecule has 1 heterocycles. The molecular weight excluding hydrogens is 194 g/mol. The largest absolute Gasteiger partial charge is 0.383 e. The maximum Gasteiger partial charge on any atom is 0.135 e. The van der Waals surface area contributed by atoms with Gasteiger partial charge < -0.3 is 5.73 Å². The van der Waals surface area contributed by atoms with Crippen molar-refractivity contribution in [2.45, 2.75) is 38.5 Å². The van der Waals surface area contributed by atoms with Gasteiger partial charge in [0.15, 0.2) is 0 Å². The van der Waals surface area contributed by atoms with Gasteiger partial charge in [0.25, 0.3) is 0 Å². The monoisotopic (exact) mass is 209 g/mol. The van der Waals surface area contributed by atoms with Gasteiger partial charge in [-0.05, 0) is 25.7 Å². The molecule has 0 aliphatic heterocycles. The van der Waals surface area contributed by atoms with Crippen molar-refractivity contribution in [1.29, 1.82) is 5.41 Å². The second kappa shape index (κ2) is 3.69. The Labute approximate surface area is 87.9 Å². The van der Waals surface area contributed by atoms with Crippen molar-refractivity contribution in [3.05, 3.63) is 15.6 Å². The smallest absolute Gasteiger partial charge is 0.135 e. The molecule has 0 radical (unpaired) electrons. The first-order chi connectivity index (χ1) is 6.72. The number of nitrogens with zero attached hydrogens (tertiary/aromatic N) is 1. The lowest BCUT2D eigenvalue weighted by Crippen LogP contribution is -2.11. The van der Waals surface area contributed by atoms with Crippen LogP contribution in [0, 0.1) is 5.41 Å². The average molecular weight is 209 g/mol. The lowest BCUT2D eigenvalue weighted by Gasteiger charge is -1.95. The third-order valence-electron chi connectivity index (χ3n) is 2.37. The first-order valence-electron chi connectivity index (χ1n) is 5.06. The number of aryl methyl sites for hydroxylation is 1. The van der Waals surface area contributed by atoms with Crippen LogP contribution >= 0.6 is 11.3 Å². The minimum atomic E-state index is 0.187. The van der Waals surface area contributed by atoms with E-state index >= 15 is 0 Å². The van der Waals surface area contributed by atoms with Gasteiger partial charge in [0.1, 0.15) is 5.84 Å². The summed E-state index contributed by atoms with van der Waals surface area (Å²) in [7, 11) is 0. The van der Waals surface area contributed by atoms with Crippen molar-refractivity contribution < 1.29 is 0 Å². The molecule has 0 unspecified atom stereocenters. The van der Waals surface area contributed by atoms with Crippen LogP contribution in [0.25, 0.3) is 0 Å². The van der Waals surface area contributed by atoms with Gasteiger partial charge in [-0.25, -0.2) is 4.98 Å². The normalized spacial score (nSPS) is 15.8. The van der Waals surface area contributed by atoms with Gasteiger partial charge in [0, 0.05) is 5.92 Å². The average Bonchev–Trinajstić information content (AvgIpc) is 2.88. The van der Waals surface area contributed by atoms with E-state index in [9.17, 15) is 0 Å². The molecule has 2 rings (SSSR count). The minimum Gasteiger partial charge on any atom is -0.383 e. The molecule has 0 aromatic carbocycles. The van der Waals surface area contributed by atoms with E-state index < -0.39 is 0 Å². The van der Waals surface area contributed by atoms with E-state index in [-0.39, 0.29) is 5.84 Å². The quantitative estimate of drug-likeness (QED) is 0.590. The van der Waals surface area contributed by atoms with Gasteiger partial charge in [0.05, 0.1) is 15.6 Å². The Morgan fingerprint density at radius 2 is 2.36 bits per heavy atom. The van der Waals surface area contributed by atoms with Crippen molar-refractivity contribution in [2.24, 2.45) is 5.73 Å². The highest BCUT2D eigenvalue weighted by molar-refractivity contribution is 7.13. The molecule has 1 aromatic rings. The Kier molecular flexibility index (Phi) is 2.54. The predicted octanol–water partition coefficient (Wildman–Crippen LogP) is 2.26. The van der Waals surface area contributed by atoms with Crippen LogP contribution in [0.5, 0.6) is 0 Å². The van der Waals surface area contributed by atoms with Crippen LogP contribution < -0.4 is 5.73 Å². The molecule has 1 aliphatic carbocycles. The Hall–Kier alpha value is -0.900. The molecule has 1 fully saturated rings. The number of rotatable bonds is 4. The van der Waals surface area contributed by atoms with E-state index in [2.05, 4.69) is 11.9 Å². The third-order valence-corrected chi connectivity index (χ3v) is 3.53. The van der Waals surface area contributed by atoms with Crippen molar-refractivity contribution in [3.8, 4) is 0 Å². The van der Waals surface area contributed by atoms with Crippen LogP contribution in [0.4, 0.5) is 0 Å². The highest BCUT2D eigenvalue weighted by Crippen LogP contribution is 2.42. The zero-order valence-corrected chi connectivity index (χ0v) is 9.16. The van der Waals surface area contributed by atoms with E-state index in [1.165, 1.54) is 12.8 Å². The van der Waals surface area contributed by atoms with E-state index in [1.807, 2.05) is 0 Å². The first kappa shape index (κ1) is 9.65. The number of hydrogen-bond donors (Lipinski definition) is 2. The maximum absolute atomic E-state index is 7.49. The summed E-state index contributed by atoms with van der Waals surface area (Å²) < 4.78 is 0. The molecule has 0 saturated heterocycles. The molecule has 0 bridgehead atoms. The molecular formula is C10H15N3S. The Morgan fingerprint density at radius 3 is 2.86 bits per heavy atom. The molecule has 14 heavy (non-hydrogen) atoms. The van der Waals surface area contributed by atoms with Crippen LogP contribution in [-0.4, -0.2) is 10.8 Å². The van der Waals surface area contributed by atoms with E-state index in [0.29, 0.717) is 5.92 Å². The lowest BCUT2D eigenvalue weighted by atomic mass is 10.2. The fourth-order valence-corrected chi connectivity index (χ4v) is 2.64. The molecule has 4 heteroatoms. The molecule has 0 spiro atoms. The molecule has 0 amide bonds. The summed E-state index contributed by atoms with van der Waals surface area (Å²) >= 11 is 1.60. The number of amidine groups is 1. The Bertz CT molecular complexity index is 352. The summed E-state index contributed by atoms with van der Waals surface area (Å²) in [5.74, 6) is 0.780. The molecule has 3 N–H and O–H groups in total. The van der Waals surface area contributed by atoms with E-state index in [0.717, 1.165) is 28.4 Å². The zero-order valence-electron chi connectivity index (χ0n) is 8.34. The summed E-state index contributed by atoms with van der Waals surface area (Å²) in [6.45, 7) is 2.14. The topological polar surface area (TPSA) is 62.8 Å². The molecule has 1 aromatic heterocycles. The van der Waals surface area contributed by atoms with E-state index in [1.54, 1.807) is 11.3 Å². The number of nitrogens with two attached hydrogens (primary N) is 1. The lowest BCUT2D eigenvalue weighted by molar-refractivity contribution is 0.891. The number of thiazole rings is 1. The second-order valence-electron chi connectivity index (χ2n) is 3.76. The van der Waals surface area contributed by atoms with E-state index in [4.69, 9.17) is 11.1 Å². The molecule has 0 atom stereocenters. The highest BCUT2D eigenvalue weighted by Gasteiger charge is 2.30. The highest BCUT2D eigenvalue weighted by atomic mass is 32.1. The van der Waals surface area contributed by atoms with Gasteiger partial charge in [-0.15, -0.1) is 11.3 Å². The zero-order chi connectivity index (χ0) is 10.1. The van der Waals surface area contributed by atoms with Crippen LogP contribution in [0.2, 0.25) is 0 Å². The number of nitrogens with one attached hydrogen (secondary N) is 1. The second-order valence-corrected chi connectivity index (χ2v) is 4.84. The SMILES string of the molecule is CCCc1nc(C2CC2)c(C(=N)N)s1. The van der Waals surface area contributed by atoms with Crippen LogP contribution in [0.3, 0.4) is 0 Å². The van der Waals surface area contributed by atoms with Crippen molar-refractivity contribution in [1.82, 2.24) is 4.98 Å². The van der Waals surface area contributed by atoms with Gasteiger partial charge in [-0.2, -0.15) is 0 Å². The fourth-order valence-electron chi connectivity index (χ4n) is 1.53. The van der Waals surface area contributed by atoms with Crippen molar-refractivity contribution >= 4 is 17.2 Å². The van der Waals surface area contributed by atoms with Crippen LogP contribution in [0.1, 0.15) is 47.7 Å². The number of hydrogen-bond acceptors (Lipinski definition) is 3. The number of nitrogen functional groups attached to an aromatic ring is 1.